The van der Waals surface area contributed by atoms with Crippen molar-refractivity contribution in [2.75, 3.05) is 13.1 Å². The van der Waals surface area contributed by atoms with Crippen LogP contribution >= 0.6 is 0 Å². The van der Waals surface area contributed by atoms with Gasteiger partial charge < -0.3 is 10.2 Å². The minimum absolute atomic E-state index is 0.252. The first-order valence-corrected chi connectivity index (χ1v) is 6.72. The molecule has 3 nitrogen and oxygen atoms in total. The summed E-state index contributed by atoms with van der Waals surface area (Å²) in [4.78, 5) is 2.33. The number of hydrogen-bond acceptors (Lipinski definition) is 3. The van der Waals surface area contributed by atoms with Crippen LogP contribution in [0, 0.1) is 5.41 Å². The van der Waals surface area contributed by atoms with Gasteiger partial charge in [-0.3, -0.25) is 4.90 Å². The van der Waals surface area contributed by atoms with Crippen LogP contribution in [0.3, 0.4) is 0 Å². The van der Waals surface area contributed by atoms with Crippen molar-refractivity contribution < 1.29 is 10.2 Å². The SMILES string of the molecule is CC.CC(O)(O)[C@]12CCCN1CCC21CC1. The third kappa shape index (κ3) is 1.31. The molecule has 0 unspecified atom stereocenters. The Labute approximate surface area is 98.5 Å². The van der Waals surface area contributed by atoms with E-state index in [1.807, 2.05) is 13.8 Å². The molecular weight excluding hydrogens is 202 g/mol. The standard InChI is InChI=1S/C11H19NO2.C2H6/c1-9(13,14)11-3-2-7-12(11)8-6-10(11)4-5-10;1-2/h13-14H,2-8H2,1H3;1-2H3/t11-;/m0./s1. The molecule has 0 amide bonds. The third-order valence-corrected chi connectivity index (χ3v) is 4.88. The Morgan fingerprint density at radius 1 is 1.00 bits per heavy atom. The van der Waals surface area contributed by atoms with Crippen LogP contribution in [-0.4, -0.2) is 39.5 Å². The number of nitrogens with zero attached hydrogens (tertiary/aromatic N) is 1. The van der Waals surface area contributed by atoms with Crippen molar-refractivity contribution in [1.29, 1.82) is 0 Å². The van der Waals surface area contributed by atoms with Crippen molar-refractivity contribution in [2.45, 2.75) is 64.2 Å². The quantitative estimate of drug-likeness (QED) is 0.671. The Balaban J connectivity index is 0.000000457. The van der Waals surface area contributed by atoms with Crippen molar-refractivity contribution in [1.82, 2.24) is 4.90 Å². The lowest BCUT2D eigenvalue weighted by molar-refractivity contribution is -0.236. The molecule has 3 heteroatoms. The van der Waals surface area contributed by atoms with Gasteiger partial charge in [0.25, 0.3) is 0 Å². The summed E-state index contributed by atoms with van der Waals surface area (Å²) in [6.45, 7) is 7.70. The van der Waals surface area contributed by atoms with Crippen molar-refractivity contribution in [3.8, 4) is 0 Å². The van der Waals surface area contributed by atoms with Gasteiger partial charge in [0, 0.05) is 0 Å². The van der Waals surface area contributed by atoms with E-state index in [1.54, 1.807) is 6.92 Å². The van der Waals surface area contributed by atoms with Gasteiger partial charge in [-0.15, -0.1) is 0 Å². The second kappa shape index (κ2) is 3.69. The van der Waals surface area contributed by atoms with E-state index in [1.165, 1.54) is 19.3 Å². The minimum Gasteiger partial charge on any atom is -0.364 e. The smallest absolute Gasteiger partial charge is 0.179 e. The van der Waals surface area contributed by atoms with Crippen LogP contribution in [0.2, 0.25) is 0 Å². The second-order valence-electron chi connectivity index (χ2n) is 5.50. The maximum Gasteiger partial charge on any atom is 0.179 e. The van der Waals surface area contributed by atoms with Crippen molar-refractivity contribution in [2.24, 2.45) is 5.41 Å². The van der Waals surface area contributed by atoms with Gasteiger partial charge in [-0.1, -0.05) is 13.8 Å². The number of fused-ring (bicyclic) bond motifs is 2. The van der Waals surface area contributed by atoms with Gasteiger partial charge in [0.1, 0.15) is 0 Å². The number of hydrogen-bond donors (Lipinski definition) is 2. The van der Waals surface area contributed by atoms with E-state index < -0.39 is 5.79 Å². The fourth-order valence-electron chi connectivity index (χ4n) is 4.19. The molecule has 0 radical (unpaired) electrons. The molecule has 1 aliphatic carbocycles. The van der Waals surface area contributed by atoms with Gasteiger partial charge in [-0.2, -0.15) is 0 Å². The fourth-order valence-corrected chi connectivity index (χ4v) is 4.19. The lowest BCUT2D eigenvalue weighted by Crippen LogP contribution is -2.61. The molecule has 16 heavy (non-hydrogen) atoms. The maximum atomic E-state index is 10.1. The molecule has 2 aliphatic heterocycles. The van der Waals surface area contributed by atoms with E-state index in [2.05, 4.69) is 4.90 Å². The molecule has 3 aliphatic rings. The minimum atomic E-state index is -1.52. The Kier molecular flexibility index (Phi) is 2.84. The molecule has 1 saturated carbocycles. The average molecular weight is 227 g/mol. The molecule has 2 saturated heterocycles. The zero-order valence-corrected chi connectivity index (χ0v) is 10.8. The molecule has 0 bridgehead atoms. The first-order chi connectivity index (χ1) is 7.52. The molecular formula is C13H25NO2. The Hall–Kier alpha value is -0.120. The summed E-state index contributed by atoms with van der Waals surface area (Å²) < 4.78 is 0. The molecule has 2 N–H and O–H groups in total. The van der Waals surface area contributed by atoms with Crippen LogP contribution in [0.1, 0.15) is 52.9 Å². The lowest BCUT2D eigenvalue weighted by Gasteiger charge is -2.45. The fraction of sp³-hybridized carbons (Fsp3) is 1.00. The highest BCUT2D eigenvalue weighted by atomic mass is 16.5. The van der Waals surface area contributed by atoms with E-state index in [0.717, 1.165) is 25.9 Å². The zero-order valence-electron chi connectivity index (χ0n) is 10.8. The van der Waals surface area contributed by atoms with E-state index in [9.17, 15) is 10.2 Å². The number of rotatable bonds is 1. The van der Waals surface area contributed by atoms with Gasteiger partial charge in [-0.25, -0.2) is 0 Å². The topological polar surface area (TPSA) is 43.7 Å². The molecule has 1 spiro atoms. The molecule has 0 aromatic rings. The molecule has 0 aromatic carbocycles. The van der Waals surface area contributed by atoms with Gasteiger partial charge >= 0.3 is 0 Å². The van der Waals surface area contributed by atoms with E-state index >= 15 is 0 Å². The second-order valence-corrected chi connectivity index (χ2v) is 5.50. The first-order valence-electron chi connectivity index (χ1n) is 6.72. The molecule has 3 fully saturated rings. The number of aliphatic hydroxyl groups is 2. The van der Waals surface area contributed by atoms with Crippen molar-refractivity contribution in [3.63, 3.8) is 0 Å². The summed E-state index contributed by atoms with van der Waals surface area (Å²) in [5, 5.41) is 20.1. The summed E-state index contributed by atoms with van der Waals surface area (Å²) in [5.41, 5.74) is -0.0538. The third-order valence-electron chi connectivity index (χ3n) is 4.88. The van der Waals surface area contributed by atoms with Gasteiger partial charge in [-0.05, 0) is 57.5 Å². The normalized spacial score (nSPS) is 35.8. The summed E-state index contributed by atoms with van der Waals surface area (Å²) in [6.07, 6.45) is 5.65. The molecule has 3 rings (SSSR count). The van der Waals surface area contributed by atoms with E-state index in [-0.39, 0.29) is 11.0 Å². The van der Waals surface area contributed by atoms with Crippen LogP contribution < -0.4 is 0 Å². The Morgan fingerprint density at radius 2 is 1.62 bits per heavy atom. The van der Waals surface area contributed by atoms with Crippen molar-refractivity contribution in [3.05, 3.63) is 0 Å². The summed E-state index contributed by atoms with van der Waals surface area (Å²) >= 11 is 0. The van der Waals surface area contributed by atoms with Crippen molar-refractivity contribution >= 4 is 0 Å². The Morgan fingerprint density at radius 3 is 2.12 bits per heavy atom. The summed E-state index contributed by atoms with van der Waals surface area (Å²) in [7, 11) is 0. The molecule has 0 aromatic heterocycles. The highest BCUT2D eigenvalue weighted by Gasteiger charge is 2.72. The average Bonchev–Trinajstić information content (AvgIpc) is 2.76. The Bertz CT molecular complexity index is 268. The van der Waals surface area contributed by atoms with Crippen LogP contribution in [0.5, 0.6) is 0 Å². The highest BCUT2D eigenvalue weighted by Crippen LogP contribution is 2.68. The predicted octanol–water partition coefficient (Wildman–Crippen LogP) is 1.73. The first kappa shape index (κ1) is 12.3. The molecule has 2 heterocycles. The van der Waals surface area contributed by atoms with E-state index in [0.29, 0.717) is 0 Å². The highest BCUT2D eigenvalue weighted by molar-refractivity contribution is 5.23. The lowest BCUT2D eigenvalue weighted by atomic mass is 9.74. The maximum absolute atomic E-state index is 10.1. The van der Waals surface area contributed by atoms with Crippen LogP contribution in [-0.2, 0) is 0 Å². The van der Waals surface area contributed by atoms with Gasteiger partial charge in [0.05, 0.1) is 5.54 Å². The van der Waals surface area contributed by atoms with E-state index in [4.69, 9.17) is 0 Å². The summed E-state index contributed by atoms with van der Waals surface area (Å²) in [6, 6.07) is 0. The zero-order chi connectivity index (χ0) is 12.0. The van der Waals surface area contributed by atoms with Crippen LogP contribution in [0.15, 0.2) is 0 Å². The van der Waals surface area contributed by atoms with Crippen LogP contribution in [0.25, 0.3) is 0 Å². The van der Waals surface area contributed by atoms with Gasteiger partial charge in [0.2, 0.25) is 0 Å². The molecule has 1 atom stereocenters. The largest absolute Gasteiger partial charge is 0.364 e. The van der Waals surface area contributed by atoms with Gasteiger partial charge in [0.15, 0.2) is 5.79 Å². The summed E-state index contributed by atoms with van der Waals surface area (Å²) in [5.74, 6) is -1.52. The molecule has 94 valence electrons. The van der Waals surface area contributed by atoms with Crippen LogP contribution in [0.4, 0.5) is 0 Å². The predicted molar refractivity (Wildman–Crippen MR) is 64.0 cm³/mol. The monoisotopic (exact) mass is 227 g/mol.